The smallest absolute Gasteiger partial charge is 0.293 e. The van der Waals surface area contributed by atoms with Gasteiger partial charge in [-0.2, -0.15) is 0 Å². The zero-order chi connectivity index (χ0) is 17.6. The lowest BCUT2D eigenvalue weighted by molar-refractivity contribution is -0.115. The molecule has 2 N–H and O–H groups in total. The summed E-state index contributed by atoms with van der Waals surface area (Å²) in [6.45, 7) is 0. The lowest BCUT2D eigenvalue weighted by atomic mass is 10.2. The number of methoxy groups -OCH3 is 1. The van der Waals surface area contributed by atoms with E-state index in [1.807, 2.05) is 0 Å². The Morgan fingerprint density at radius 2 is 2.00 bits per heavy atom. The second kappa shape index (κ2) is 7.63. The Morgan fingerprint density at radius 1 is 1.20 bits per heavy atom. The van der Waals surface area contributed by atoms with Crippen LogP contribution in [-0.2, 0) is 11.2 Å². The van der Waals surface area contributed by atoms with Crippen molar-refractivity contribution in [1.82, 2.24) is 4.98 Å². The summed E-state index contributed by atoms with van der Waals surface area (Å²) in [6, 6.07) is 10.2. The molecule has 0 radical (unpaired) electrons. The molecule has 0 aliphatic heterocycles. The van der Waals surface area contributed by atoms with Gasteiger partial charge >= 0.3 is 0 Å². The fraction of sp³-hybridized carbons (Fsp3) is 0.118. The summed E-state index contributed by atoms with van der Waals surface area (Å²) in [5.74, 6) is 0.344. The first-order chi connectivity index (χ1) is 12.1. The van der Waals surface area contributed by atoms with Crippen LogP contribution in [0.2, 0.25) is 0 Å². The van der Waals surface area contributed by atoms with Gasteiger partial charge in [0.15, 0.2) is 10.9 Å². The number of aromatic nitrogens is 1. The van der Waals surface area contributed by atoms with Gasteiger partial charge in [0.2, 0.25) is 5.91 Å². The van der Waals surface area contributed by atoms with E-state index in [0.717, 1.165) is 5.75 Å². The van der Waals surface area contributed by atoms with E-state index in [-0.39, 0.29) is 24.0 Å². The molecule has 3 rings (SSSR count). The van der Waals surface area contributed by atoms with Crippen molar-refractivity contribution in [1.29, 1.82) is 0 Å². The Labute approximate surface area is 147 Å². The van der Waals surface area contributed by atoms with Crippen LogP contribution in [0.1, 0.15) is 16.2 Å². The maximum absolute atomic E-state index is 12.1. The van der Waals surface area contributed by atoms with E-state index in [1.54, 1.807) is 48.9 Å². The topological polar surface area (TPSA) is 93.5 Å². The average molecular weight is 357 g/mol. The number of ether oxygens (including phenoxy) is 1. The number of nitrogens with zero attached hydrogens (tertiary/aromatic N) is 1. The molecule has 0 saturated heterocycles. The fourth-order valence-electron chi connectivity index (χ4n) is 2.06. The van der Waals surface area contributed by atoms with Crippen molar-refractivity contribution in [2.45, 2.75) is 6.42 Å². The van der Waals surface area contributed by atoms with Crippen LogP contribution in [0.15, 0.2) is 52.5 Å². The lowest BCUT2D eigenvalue weighted by Crippen LogP contribution is -2.15. The van der Waals surface area contributed by atoms with Gasteiger partial charge in [-0.25, -0.2) is 4.98 Å². The third kappa shape index (κ3) is 4.45. The maximum atomic E-state index is 12.1. The standard InChI is InChI=1S/C17H15N3O4S/c1-23-13-6-4-11(5-7-13)18-15(21)9-12-10-25-17(19-12)20-16(22)14-3-2-8-24-14/h2-8,10H,9H2,1H3,(H,18,21)(H,19,20,22). The highest BCUT2D eigenvalue weighted by Crippen LogP contribution is 2.18. The van der Waals surface area contributed by atoms with E-state index in [1.165, 1.54) is 17.6 Å². The maximum Gasteiger partial charge on any atom is 0.293 e. The van der Waals surface area contributed by atoms with E-state index in [2.05, 4.69) is 15.6 Å². The first-order valence-electron chi connectivity index (χ1n) is 7.37. The molecule has 0 bridgehead atoms. The second-order valence-electron chi connectivity index (χ2n) is 5.03. The summed E-state index contributed by atoms with van der Waals surface area (Å²) in [5, 5.41) is 7.55. The second-order valence-corrected chi connectivity index (χ2v) is 5.89. The van der Waals surface area contributed by atoms with E-state index >= 15 is 0 Å². The number of carbonyl (C=O) groups excluding carboxylic acids is 2. The van der Waals surface area contributed by atoms with Crippen LogP contribution in [0.3, 0.4) is 0 Å². The van der Waals surface area contributed by atoms with Crippen LogP contribution in [0.25, 0.3) is 0 Å². The Hall–Kier alpha value is -3.13. The largest absolute Gasteiger partial charge is 0.497 e. The van der Waals surface area contributed by atoms with Crippen molar-refractivity contribution in [2.75, 3.05) is 17.7 Å². The number of hydrogen-bond acceptors (Lipinski definition) is 6. The zero-order valence-electron chi connectivity index (χ0n) is 13.3. The molecule has 2 heterocycles. The zero-order valence-corrected chi connectivity index (χ0v) is 14.1. The van der Waals surface area contributed by atoms with Gasteiger partial charge in [0, 0.05) is 11.1 Å². The molecule has 25 heavy (non-hydrogen) atoms. The number of amides is 2. The molecule has 2 amide bonds. The minimum Gasteiger partial charge on any atom is -0.497 e. The first-order valence-corrected chi connectivity index (χ1v) is 8.25. The Balaban J connectivity index is 1.55. The van der Waals surface area contributed by atoms with Crippen molar-refractivity contribution in [3.63, 3.8) is 0 Å². The minimum atomic E-state index is -0.381. The van der Waals surface area contributed by atoms with E-state index in [0.29, 0.717) is 16.5 Å². The van der Waals surface area contributed by atoms with Gasteiger partial charge in [0.05, 0.1) is 25.5 Å². The number of furan rings is 1. The van der Waals surface area contributed by atoms with Gasteiger partial charge < -0.3 is 14.5 Å². The van der Waals surface area contributed by atoms with Gasteiger partial charge in [-0.05, 0) is 36.4 Å². The van der Waals surface area contributed by atoms with Crippen LogP contribution in [0, 0.1) is 0 Å². The third-order valence-corrected chi connectivity index (χ3v) is 4.04. The Morgan fingerprint density at radius 3 is 2.68 bits per heavy atom. The van der Waals surface area contributed by atoms with Crippen LogP contribution in [0.5, 0.6) is 5.75 Å². The fourth-order valence-corrected chi connectivity index (χ4v) is 2.76. The highest BCUT2D eigenvalue weighted by atomic mass is 32.1. The Bertz CT molecular complexity index is 856. The molecule has 0 fully saturated rings. The molecule has 8 heteroatoms. The summed E-state index contributed by atoms with van der Waals surface area (Å²) in [7, 11) is 1.58. The summed E-state index contributed by atoms with van der Waals surface area (Å²) in [5.41, 5.74) is 1.25. The van der Waals surface area contributed by atoms with Crippen molar-refractivity contribution < 1.29 is 18.7 Å². The number of nitrogens with one attached hydrogen (secondary N) is 2. The summed E-state index contributed by atoms with van der Waals surface area (Å²) >= 11 is 1.25. The minimum absolute atomic E-state index is 0.110. The van der Waals surface area contributed by atoms with Crippen molar-refractivity contribution in [2.24, 2.45) is 0 Å². The molecule has 7 nitrogen and oxygen atoms in total. The molecule has 1 aromatic carbocycles. The predicted molar refractivity (Wildman–Crippen MR) is 94.1 cm³/mol. The number of hydrogen-bond donors (Lipinski definition) is 2. The van der Waals surface area contributed by atoms with Crippen LogP contribution >= 0.6 is 11.3 Å². The van der Waals surface area contributed by atoms with Gasteiger partial charge in [-0.1, -0.05) is 0 Å². The number of carbonyl (C=O) groups is 2. The van der Waals surface area contributed by atoms with Crippen molar-refractivity contribution in [3.8, 4) is 5.75 Å². The highest BCUT2D eigenvalue weighted by Gasteiger charge is 2.13. The lowest BCUT2D eigenvalue weighted by Gasteiger charge is -2.05. The molecule has 2 aromatic heterocycles. The van der Waals surface area contributed by atoms with E-state index < -0.39 is 0 Å². The molecule has 0 aliphatic rings. The van der Waals surface area contributed by atoms with Crippen LogP contribution < -0.4 is 15.4 Å². The summed E-state index contributed by atoms with van der Waals surface area (Å²) in [4.78, 5) is 28.2. The van der Waals surface area contributed by atoms with Crippen LogP contribution in [0.4, 0.5) is 10.8 Å². The molecule has 0 atom stereocenters. The number of thiazole rings is 1. The van der Waals surface area contributed by atoms with Gasteiger partial charge in [0.25, 0.3) is 5.91 Å². The first kappa shape index (κ1) is 16.7. The van der Waals surface area contributed by atoms with E-state index in [9.17, 15) is 9.59 Å². The summed E-state index contributed by atoms with van der Waals surface area (Å²) in [6.07, 6.45) is 1.53. The SMILES string of the molecule is COc1ccc(NC(=O)Cc2csc(NC(=O)c3ccco3)n2)cc1. The predicted octanol–water partition coefficient (Wildman–Crippen LogP) is 3.18. The molecule has 128 valence electrons. The van der Waals surface area contributed by atoms with Crippen molar-refractivity contribution in [3.05, 3.63) is 59.5 Å². The van der Waals surface area contributed by atoms with Gasteiger partial charge in [-0.15, -0.1) is 11.3 Å². The molecule has 0 spiro atoms. The number of anilines is 2. The van der Waals surface area contributed by atoms with Gasteiger partial charge in [-0.3, -0.25) is 14.9 Å². The van der Waals surface area contributed by atoms with Crippen LogP contribution in [-0.4, -0.2) is 23.9 Å². The molecule has 0 saturated carbocycles. The van der Waals surface area contributed by atoms with E-state index in [4.69, 9.17) is 9.15 Å². The average Bonchev–Trinajstić information content (AvgIpc) is 3.27. The molecular formula is C17H15N3O4S. The highest BCUT2D eigenvalue weighted by molar-refractivity contribution is 7.14. The summed E-state index contributed by atoms with van der Waals surface area (Å²) < 4.78 is 10.1. The van der Waals surface area contributed by atoms with Gasteiger partial charge in [0.1, 0.15) is 5.75 Å². The monoisotopic (exact) mass is 357 g/mol. The molecule has 0 aliphatic carbocycles. The van der Waals surface area contributed by atoms with Crippen molar-refractivity contribution >= 4 is 34.0 Å². The number of rotatable bonds is 6. The third-order valence-electron chi connectivity index (χ3n) is 3.23. The Kier molecular flexibility index (Phi) is 5.10. The number of benzene rings is 1. The molecule has 0 unspecified atom stereocenters. The molecule has 3 aromatic rings. The quantitative estimate of drug-likeness (QED) is 0.707. The normalized spacial score (nSPS) is 10.3. The molecular weight excluding hydrogens is 342 g/mol.